The molecule has 0 saturated carbocycles. The molecule has 0 aliphatic carbocycles. The van der Waals surface area contributed by atoms with Gasteiger partial charge in [-0.15, -0.1) is 0 Å². The second-order valence-electron chi connectivity index (χ2n) is 7.75. The normalized spacial score (nSPS) is 18.2. The van der Waals surface area contributed by atoms with Gasteiger partial charge in [0.05, 0.1) is 23.8 Å². The van der Waals surface area contributed by atoms with E-state index >= 15 is 0 Å². The molecule has 1 amide bonds. The van der Waals surface area contributed by atoms with Crippen LogP contribution in [0.2, 0.25) is 5.02 Å². The van der Waals surface area contributed by atoms with Crippen molar-refractivity contribution >= 4 is 56.3 Å². The van der Waals surface area contributed by atoms with Gasteiger partial charge in [-0.1, -0.05) is 29.9 Å². The van der Waals surface area contributed by atoms with Gasteiger partial charge in [-0.05, 0) is 66.5 Å². The maximum atomic E-state index is 12.4. The van der Waals surface area contributed by atoms with Crippen LogP contribution >= 0.6 is 39.7 Å². The van der Waals surface area contributed by atoms with Gasteiger partial charge in [-0.3, -0.25) is 4.79 Å². The quantitative estimate of drug-likeness (QED) is 0.506. The van der Waals surface area contributed by atoms with Crippen molar-refractivity contribution in [1.82, 2.24) is 4.90 Å². The lowest BCUT2D eigenvalue weighted by Gasteiger charge is -2.37. The molecule has 1 saturated heterocycles. The average molecular weight is 542 g/mol. The van der Waals surface area contributed by atoms with Crippen LogP contribution in [0.5, 0.6) is 11.5 Å². The Labute approximate surface area is 207 Å². The molecule has 2 aromatic rings. The van der Waals surface area contributed by atoms with Crippen LogP contribution in [0.1, 0.15) is 25.0 Å². The summed E-state index contributed by atoms with van der Waals surface area (Å²) in [6, 6.07) is 9.02. The van der Waals surface area contributed by atoms with E-state index in [0.29, 0.717) is 31.7 Å². The number of halogens is 2. The first-order valence-corrected chi connectivity index (χ1v) is 11.8. The molecule has 2 aromatic carbocycles. The van der Waals surface area contributed by atoms with Crippen LogP contribution in [-0.4, -0.2) is 54.8 Å². The lowest BCUT2D eigenvalue weighted by Crippen LogP contribution is -2.47. The summed E-state index contributed by atoms with van der Waals surface area (Å²) in [5.74, 6) is 0.610. The van der Waals surface area contributed by atoms with Crippen molar-refractivity contribution < 1.29 is 19.0 Å². The first-order chi connectivity index (χ1) is 15.2. The number of amides is 1. The van der Waals surface area contributed by atoms with Gasteiger partial charge in [0.2, 0.25) is 0 Å². The maximum Gasteiger partial charge on any atom is 0.262 e. The zero-order valence-corrected chi connectivity index (χ0v) is 21.6. The number of benzene rings is 2. The number of rotatable bonds is 6. The third kappa shape index (κ3) is 6.13. The average Bonchev–Trinajstić information content (AvgIpc) is 2.73. The van der Waals surface area contributed by atoms with Crippen LogP contribution in [-0.2, 0) is 9.53 Å². The van der Waals surface area contributed by atoms with E-state index in [2.05, 4.69) is 26.1 Å². The molecule has 6 nitrogen and oxygen atoms in total. The SMILES string of the molecule is COc1cc(C(=S)N2C[C@@H](C)O[C@@H](C)C2)cc(Br)c1OCC(=O)Nc1cc(Cl)ccc1C. The predicted octanol–water partition coefficient (Wildman–Crippen LogP) is 5.22. The van der Waals surface area contributed by atoms with Crippen LogP contribution in [0.4, 0.5) is 5.69 Å². The molecule has 1 heterocycles. The van der Waals surface area contributed by atoms with Gasteiger partial charge in [0, 0.05) is 29.4 Å². The zero-order chi connectivity index (χ0) is 23.4. The van der Waals surface area contributed by atoms with E-state index < -0.39 is 0 Å². The summed E-state index contributed by atoms with van der Waals surface area (Å²) in [5, 5.41) is 3.36. The van der Waals surface area contributed by atoms with Gasteiger partial charge in [-0.2, -0.15) is 0 Å². The van der Waals surface area contributed by atoms with Gasteiger partial charge in [0.1, 0.15) is 4.99 Å². The minimum Gasteiger partial charge on any atom is -0.493 e. The van der Waals surface area contributed by atoms with Crippen molar-refractivity contribution in [2.75, 3.05) is 32.1 Å². The number of ether oxygens (including phenoxy) is 3. The minimum absolute atomic E-state index is 0.103. The van der Waals surface area contributed by atoms with E-state index in [-0.39, 0.29) is 24.7 Å². The highest BCUT2D eigenvalue weighted by Crippen LogP contribution is 2.37. The summed E-state index contributed by atoms with van der Waals surface area (Å²) in [7, 11) is 1.55. The van der Waals surface area contributed by atoms with Crippen molar-refractivity contribution in [2.24, 2.45) is 0 Å². The van der Waals surface area contributed by atoms with Crippen molar-refractivity contribution in [3.63, 3.8) is 0 Å². The summed E-state index contributed by atoms with van der Waals surface area (Å²) in [4.78, 5) is 15.3. The third-order valence-corrected chi connectivity index (χ3v) is 6.32. The molecule has 0 spiro atoms. The van der Waals surface area contributed by atoms with E-state index in [1.807, 2.05) is 39.0 Å². The molecule has 0 aromatic heterocycles. The molecule has 0 radical (unpaired) electrons. The van der Waals surface area contributed by atoms with Crippen molar-refractivity contribution in [1.29, 1.82) is 0 Å². The Hall–Kier alpha value is -1.87. The monoisotopic (exact) mass is 540 g/mol. The number of carbonyl (C=O) groups excluding carboxylic acids is 1. The molecule has 0 unspecified atom stereocenters. The van der Waals surface area contributed by atoms with E-state index in [9.17, 15) is 4.79 Å². The molecule has 1 aliphatic rings. The number of morpholine rings is 1. The van der Waals surface area contributed by atoms with Crippen molar-refractivity contribution in [3.8, 4) is 11.5 Å². The Balaban J connectivity index is 1.71. The highest BCUT2D eigenvalue weighted by atomic mass is 79.9. The van der Waals surface area contributed by atoms with Crippen molar-refractivity contribution in [2.45, 2.75) is 33.0 Å². The topological polar surface area (TPSA) is 60.0 Å². The Bertz CT molecular complexity index is 1010. The summed E-state index contributed by atoms with van der Waals surface area (Å²) < 4.78 is 17.8. The van der Waals surface area contributed by atoms with E-state index in [0.717, 1.165) is 24.2 Å². The first kappa shape index (κ1) is 24.8. The molecule has 1 aliphatic heterocycles. The molecule has 172 valence electrons. The van der Waals surface area contributed by atoms with Crippen LogP contribution in [0, 0.1) is 6.92 Å². The number of thiocarbonyl (C=S) groups is 1. The highest BCUT2D eigenvalue weighted by molar-refractivity contribution is 9.10. The second kappa shape index (κ2) is 10.8. The number of anilines is 1. The summed E-state index contributed by atoms with van der Waals surface area (Å²) in [6.45, 7) is 7.23. The summed E-state index contributed by atoms with van der Waals surface area (Å²) >= 11 is 15.3. The highest BCUT2D eigenvalue weighted by Gasteiger charge is 2.26. The number of carbonyl (C=O) groups is 1. The standard InChI is InChI=1S/C23H26BrClN2O4S/c1-13-5-6-17(25)9-19(13)26-21(28)12-30-22-18(24)7-16(8-20(22)29-4)23(32)27-10-14(2)31-15(3)11-27/h5-9,14-15H,10-12H2,1-4H3,(H,26,28)/t14-,15+. The summed E-state index contributed by atoms with van der Waals surface area (Å²) in [6.07, 6.45) is 0.206. The summed E-state index contributed by atoms with van der Waals surface area (Å²) in [5.41, 5.74) is 2.38. The molecule has 1 N–H and O–H groups in total. The number of hydrogen-bond donors (Lipinski definition) is 1. The second-order valence-corrected chi connectivity index (χ2v) is 9.43. The Morgan fingerprint density at radius 1 is 1.28 bits per heavy atom. The Morgan fingerprint density at radius 3 is 2.62 bits per heavy atom. The number of nitrogens with zero attached hydrogens (tertiary/aromatic N) is 1. The van der Waals surface area contributed by atoms with Crippen LogP contribution in [0.15, 0.2) is 34.8 Å². The van der Waals surface area contributed by atoms with E-state index in [4.69, 9.17) is 38.0 Å². The number of nitrogens with one attached hydrogen (secondary N) is 1. The first-order valence-electron chi connectivity index (χ1n) is 10.2. The van der Waals surface area contributed by atoms with Gasteiger partial charge < -0.3 is 24.4 Å². The third-order valence-electron chi connectivity index (χ3n) is 5.00. The lowest BCUT2D eigenvalue weighted by molar-refractivity contribution is -0.118. The van der Waals surface area contributed by atoms with Crippen LogP contribution in [0.3, 0.4) is 0 Å². The largest absolute Gasteiger partial charge is 0.493 e. The van der Waals surface area contributed by atoms with Gasteiger partial charge >= 0.3 is 0 Å². The molecule has 3 rings (SSSR count). The van der Waals surface area contributed by atoms with Gasteiger partial charge in [-0.25, -0.2) is 0 Å². The number of methoxy groups -OCH3 is 1. The smallest absolute Gasteiger partial charge is 0.262 e. The molecule has 2 atom stereocenters. The fourth-order valence-corrected chi connectivity index (χ4v) is 4.56. The van der Waals surface area contributed by atoms with E-state index in [1.54, 1.807) is 19.2 Å². The molecule has 0 bridgehead atoms. The fraction of sp³-hybridized carbons (Fsp3) is 0.391. The molecular weight excluding hydrogens is 516 g/mol. The number of aryl methyl sites for hydroxylation is 1. The van der Waals surface area contributed by atoms with Crippen LogP contribution in [0.25, 0.3) is 0 Å². The minimum atomic E-state index is -0.305. The predicted molar refractivity (Wildman–Crippen MR) is 134 cm³/mol. The van der Waals surface area contributed by atoms with Gasteiger partial charge in [0.25, 0.3) is 5.91 Å². The maximum absolute atomic E-state index is 12.4. The molecule has 9 heteroatoms. The Kier molecular flexibility index (Phi) is 8.38. The zero-order valence-electron chi connectivity index (χ0n) is 18.4. The number of hydrogen-bond acceptors (Lipinski definition) is 5. The lowest BCUT2D eigenvalue weighted by atomic mass is 10.1. The molecule has 32 heavy (non-hydrogen) atoms. The Morgan fingerprint density at radius 2 is 1.97 bits per heavy atom. The van der Waals surface area contributed by atoms with E-state index in [1.165, 1.54) is 0 Å². The molecule has 1 fully saturated rings. The fourth-order valence-electron chi connectivity index (χ4n) is 3.56. The van der Waals surface area contributed by atoms with Crippen molar-refractivity contribution in [3.05, 3.63) is 51.0 Å². The van der Waals surface area contributed by atoms with Gasteiger partial charge in [0.15, 0.2) is 18.1 Å². The molecular formula is C23H26BrClN2O4S. The van der Waals surface area contributed by atoms with Crippen LogP contribution < -0.4 is 14.8 Å².